The van der Waals surface area contributed by atoms with Crippen LogP contribution in [0.2, 0.25) is 0 Å². The zero-order valence-electron chi connectivity index (χ0n) is 11.9. The van der Waals surface area contributed by atoms with Crippen LogP contribution in [0, 0.1) is 0 Å². The average molecular weight is 303 g/mol. The Morgan fingerprint density at radius 1 is 1.48 bits per heavy atom. The third-order valence-electron chi connectivity index (χ3n) is 3.50. The normalized spacial score (nSPS) is 13.8. The van der Waals surface area contributed by atoms with Gasteiger partial charge in [-0.25, -0.2) is 9.78 Å². The summed E-state index contributed by atoms with van der Waals surface area (Å²) in [6.45, 7) is 1.01. The minimum atomic E-state index is -0.352. The molecular weight excluding hydrogens is 286 g/mol. The number of esters is 1. The molecule has 0 aromatic carbocycles. The molecule has 3 rings (SSSR count). The Labute approximate surface area is 127 Å². The number of hydrogen-bond donors (Lipinski definition) is 0. The maximum absolute atomic E-state index is 11.7. The first-order valence-electron chi connectivity index (χ1n) is 6.99. The van der Waals surface area contributed by atoms with E-state index in [4.69, 9.17) is 4.74 Å². The van der Waals surface area contributed by atoms with E-state index >= 15 is 0 Å². The molecule has 2 aromatic rings. The zero-order valence-corrected chi connectivity index (χ0v) is 12.7. The number of fused-ring (bicyclic) bond motifs is 1. The predicted octanol–water partition coefficient (Wildman–Crippen LogP) is 2.69. The number of rotatable bonds is 4. The fourth-order valence-corrected chi connectivity index (χ4v) is 3.33. The quantitative estimate of drug-likeness (QED) is 0.642. The third kappa shape index (κ3) is 3.10. The summed E-state index contributed by atoms with van der Waals surface area (Å²) < 4.78 is 6.88. The summed E-state index contributed by atoms with van der Waals surface area (Å²) in [5, 5.41) is 5.30. The van der Waals surface area contributed by atoms with E-state index in [1.54, 1.807) is 18.3 Å². The van der Waals surface area contributed by atoms with E-state index < -0.39 is 0 Å². The number of methoxy groups -OCH3 is 1. The Kier molecular flexibility index (Phi) is 4.24. The van der Waals surface area contributed by atoms with Gasteiger partial charge in [-0.15, -0.1) is 0 Å². The molecule has 0 unspecified atom stereocenters. The molecular formula is C15H17N3O2S. The van der Waals surface area contributed by atoms with Gasteiger partial charge < -0.3 is 4.74 Å². The number of carbonyl (C=O) groups excluding carboxylic acids is 1. The van der Waals surface area contributed by atoms with Crippen molar-refractivity contribution >= 4 is 17.7 Å². The topological polar surface area (TPSA) is 57.0 Å². The molecule has 5 nitrogen and oxygen atoms in total. The lowest BCUT2D eigenvalue weighted by molar-refractivity contribution is 0.0596. The molecule has 0 bridgehead atoms. The molecule has 3 heterocycles. The first-order valence-corrected chi connectivity index (χ1v) is 7.98. The van der Waals surface area contributed by atoms with Gasteiger partial charge in [-0.2, -0.15) is 5.10 Å². The molecule has 0 N–H and O–H groups in total. The smallest absolute Gasteiger partial charge is 0.340 e. The molecule has 0 saturated heterocycles. The van der Waals surface area contributed by atoms with Crippen LogP contribution in [0.4, 0.5) is 0 Å². The second-order valence-corrected chi connectivity index (χ2v) is 5.91. The van der Waals surface area contributed by atoms with Crippen LogP contribution in [0.1, 0.15) is 34.6 Å². The summed E-state index contributed by atoms with van der Waals surface area (Å²) in [4.78, 5) is 16.0. The van der Waals surface area contributed by atoms with Gasteiger partial charge in [0.15, 0.2) is 0 Å². The Morgan fingerprint density at radius 2 is 2.38 bits per heavy atom. The van der Waals surface area contributed by atoms with Crippen molar-refractivity contribution in [2.75, 3.05) is 7.11 Å². The van der Waals surface area contributed by atoms with Crippen molar-refractivity contribution in [2.45, 2.75) is 36.6 Å². The molecule has 6 heteroatoms. The molecule has 2 aromatic heterocycles. The van der Waals surface area contributed by atoms with E-state index in [2.05, 4.69) is 20.8 Å². The van der Waals surface area contributed by atoms with E-state index in [1.165, 1.54) is 37.4 Å². The fourth-order valence-electron chi connectivity index (χ4n) is 2.46. The number of thioether (sulfide) groups is 1. The summed E-state index contributed by atoms with van der Waals surface area (Å²) in [5.41, 5.74) is 2.86. The maximum atomic E-state index is 11.7. The molecule has 0 atom stereocenters. The van der Waals surface area contributed by atoms with Crippen molar-refractivity contribution < 1.29 is 9.53 Å². The third-order valence-corrected chi connectivity index (χ3v) is 4.54. The highest BCUT2D eigenvalue weighted by molar-refractivity contribution is 7.98. The Bertz CT molecular complexity index is 631. The number of pyridine rings is 1. The van der Waals surface area contributed by atoms with Crippen molar-refractivity contribution in [2.24, 2.45) is 0 Å². The molecule has 0 radical (unpaired) electrons. The van der Waals surface area contributed by atoms with Crippen LogP contribution in [0.15, 0.2) is 29.4 Å². The summed E-state index contributed by atoms with van der Waals surface area (Å²) in [5.74, 6) is 0.357. The van der Waals surface area contributed by atoms with E-state index in [0.29, 0.717) is 16.3 Å². The van der Waals surface area contributed by atoms with Crippen LogP contribution in [0.5, 0.6) is 0 Å². The lowest BCUT2D eigenvalue weighted by Crippen LogP contribution is -2.10. The van der Waals surface area contributed by atoms with Gasteiger partial charge in [-0.1, -0.05) is 11.8 Å². The van der Waals surface area contributed by atoms with Crippen LogP contribution < -0.4 is 0 Å². The highest BCUT2D eigenvalue weighted by Gasteiger charge is 2.15. The van der Waals surface area contributed by atoms with Crippen LogP contribution in [0.25, 0.3) is 0 Å². The van der Waals surface area contributed by atoms with E-state index in [1.807, 2.05) is 0 Å². The number of nitrogens with zero attached hydrogens (tertiary/aromatic N) is 3. The Morgan fingerprint density at radius 3 is 3.19 bits per heavy atom. The highest BCUT2D eigenvalue weighted by atomic mass is 32.2. The minimum absolute atomic E-state index is 0.352. The summed E-state index contributed by atoms with van der Waals surface area (Å²) in [6, 6.07) is 5.64. The molecule has 0 amide bonds. The molecule has 0 saturated carbocycles. The van der Waals surface area contributed by atoms with Crippen molar-refractivity contribution in [3.05, 3.63) is 41.3 Å². The van der Waals surface area contributed by atoms with Gasteiger partial charge in [-0.3, -0.25) is 4.68 Å². The zero-order chi connectivity index (χ0) is 14.7. The van der Waals surface area contributed by atoms with Gasteiger partial charge in [0, 0.05) is 24.2 Å². The summed E-state index contributed by atoms with van der Waals surface area (Å²) in [7, 11) is 1.38. The van der Waals surface area contributed by atoms with Gasteiger partial charge in [-0.05, 0) is 37.5 Å². The van der Waals surface area contributed by atoms with Crippen LogP contribution >= 0.6 is 11.8 Å². The van der Waals surface area contributed by atoms with Gasteiger partial charge >= 0.3 is 5.97 Å². The minimum Gasteiger partial charge on any atom is -0.465 e. The SMILES string of the molecule is COC(=O)c1cccnc1SCc1cc2n(n1)CCCC2. The van der Waals surface area contributed by atoms with Crippen molar-refractivity contribution in [1.82, 2.24) is 14.8 Å². The maximum Gasteiger partial charge on any atom is 0.340 e. The highest BCUT2D eigenvalue weighted by Crippen LogP contribution is 2.25. The molecule has 110 valence electrons. The monoisotopic (exact) mass is 303 g/mol. The molecule has 1 aliphatic heterocycles. The molecule has 1 aliphatic rings. The van der Waals surface area contributed by atoms with Crippen LogP contribution in [-0.2, 0) is 23.5 Å². The van der Waals surface area contributed by atoms with Crippen LogP contribution in [0.3, 0.4) is 0 Å². The lowest BCUT2D eigenvalue weighted by atomic mass is 10.1. The standard InChI is InChI=1S/C15H17N3O2S/c1-20-15(19)13-6-4-7-16-14(13)21-10-11-9-12-5-2-3-8-18(12)17-11/h4,6-7,9H,2-3,5,8,10H2,1H3. The van der Waals surface area contributed by atoms with Gasteiger partial charge in [0.2, 0.25) is 0 Å². The number of hydrogen-bond acceptors (Lipinski definition) is 5. The second-order valence-electron chi connectivity index (χ2n) is 4.94. The number of ether oxygens (including phenoxy) is 1. The van der Waals surface area contributed by atoms with Crippen LogP contribution in [-0.4, -0.2) is 27.8 Å². The fraction of sp³-hybridized carbons (Fsp3) is 0.400. The first-order chi connectivity index (χ1) is 10.3. The molecule has 0 fully saturated rings. The first kappa shape index (κ1) is 14.1. The Hall–Kier alpha value is -1.82. The van der Waals surface area contributed by atoms with Crippen molar-refractivity contribution in [3.63, 3.8) is 0 Å². The van der Waals surface area contributed by atoms with E-state index in [0.717, 1.165) is 18.7 Å². The number of aryl methyl sites for hydroxylation is 2. The predicted molar refractivity (Wildman–Crippen MR) is 80.3 cm³/mol. The number of aromatic nitrogens is 3. The van der Waals surface area contributed by atoms with Gasteiger partial charge in [0.05, 0.1) is 18.4 Å². The molecule has 0 spiro atoms. The van der Waals surface area contributed by atoms with Crippen molar-refractivity contribution in [3.8, 4) is 0 Å². The molecule has 21 heavy (non-hydrogen) atoms. The van der Waals surface area contributed by atoms with Crippen molar-refractivity contribution in [1.29, 1.82) is 0 Å². The second kappa shape index (κ2) is 6.30. The Balaban J connectivity index is 1.73. The molecule has 0 aliphatic carbocycles. The average Bonchev–Trinajstić information content (AvgIpc) is 2.95. The largest absolute Gasteiger partial charge is 0.465 e. The summed E-state index contributed by atoms with van der Waals surface area (Å²) >= 11 is 1.52. The van der Waals surface area contributed by atoms with E-state index in [9.17, 15) is 4.79 Å². The van der Waals surface area contributed by atoms with E-state index in [-0.39, 0.29) is 5.97 Å². The summed E-state index contributed by atoms with van der Waals surface area (Å²) in [6.07, 6.45) is 5.24. The van der Waals surface area contributed by atoms with Gasteiger partial charge in [0.25, 0.3) is 0 Å². The lowest BCUT2D eigenvalue weighted by Gasteiger charge is -2.11. The number of carbonyl (C=O) groups is 1. The van der Waals surface area contributed by atoms with Gasteiger partial charge in [0.1, 0.15) is 5.03 Å².